The maximum atomic E-state index is 4.52. The molecule has 1 atom stereocenters. The predicted octanol–water partition coefficient (Wildman–Crippen LogP) is 2.49. The fraction of sp³-hybridized carbons (Fsp3) is 0.312. The van der Waals surface area contributed by atoms with E-state index in [0.717, 1.165) is 36.0 Å². The van der Waals surface area contributed by atoms with Gasteiger partial charge in [-0.1, -0.05) is 18.2 Å². The maximum Gasteiger partial charge on any atom is 0.164 e. The van der Waals surface area contributed by atoms with Gasteiger partial charge in [0.15, 0.2) is 5.65 Å². The van der Waals surface area contributed by atoms with Crippen LogP contribution in [0.3, 0.4) is 0 Å². The third-order valence-electron chi connectivity index (χ3n) is 4.12. The van der Waals surface area contributed by atoms with Crippen molar-refractivity contribution < 1.29 is 0 Å². The van der Waals surface area contributed by atoms with E-state index in [1.54, 1.807) is 0 Å². The first kappa shape index (κ1) is 12.3. The lowest BCUT2D eigenvalue weighted by molar-refractivity contribution is 0.697. The van der Waals surface area contributed by atoms with Crippen molar-refractivity contribution in [3.63, 3.8) is 0 Å². The SMILES string of the molecule is Cc1cc2nnc(CC3CNc4ccccc43)n2c(C)n1. The van der Waals surface area contributed by atoms with E-state index >= 15 is 0 Å². The van der Waals surface area contributed by atoms with Crippen LogP contribution in [0.4, 0.5) is 5.69 Å². The third-order valence-corrected chi connectivity index (χ3v) is 4.12. The minimum Gasteiger partial charge on any atom is -0.384 e. The van der Waals surface area contributed by atoms with Gasteiger partial charge in [-0.3, -0.25) is 4.40 Å². The smallest absolute Gasteiger partial charge is 0.164 e. The molecule has 0 spiro atoms. The lowest BCUT2D eigenvalue weighted by Crippen LogP contribution is -2.10. The Morgan fingerprint density at radius 2 is 2.10 bits per heavy atom. The van der Waals surface area contributed by atoms with Crippen LogP contribution in [0.2, 0.25) is 0 Å². The Hall–Kier alpha value is -2.43. The zero-order valence-electron chi connectivity index (χ0n) is 12.2. The topological polar surface area (TPSA) is 55.1 Å². The second-order valence-corrected chi connectivity index (χ2v) is 5.62. The van der Waals surface area contributed by atoms with Crippen molar-refractivity contribution in [3.8, 4) is 0 Å². The quantitative estimate of drug-likeness (QED) is 0.783. The zero-order valence-corrected chi connectivity index (χ0v) is 12.2. The minimum atomic E-state index is 0.439. The molecule has 1 N–H and O–H groups in total. The van der Waals surface area contributed by atoms with Gasteiger partial charge >= 0.3 is 0 Å². The van der Waals surface area contributed by atoms with Crippen LogP contribution >= 0.6 is 0 Å². The Kier molecular flexibility index (Phi) is 2.67. The van der Waals surface area contributed by atoms with Crippen molar-refractivity contribution in [3.05, 3.63) is 53.2 Å². The van der Waals surface area contributed by atoms with E-state index in [2.05, 4.69) is 49.2 Å². The highest BCUT2D eigenvalue weighted by molar-refractivity contribution is 5.57. The van der Waals surface area contributed by atoms with Crippen LogP contribution in [0.15, 0.2) is 30.3 Å². The summed E-state index contributed by atoms with van der Waals surface area (Å²) < 4.78 is 2.06. The van der Waals surface area contributed by atoms with Crippen molar-refractivity contribution >= 4 is 11.3 Å². The van der Waals surface area contributed by atoms with Gasteiger partial charge < -0.3 is 5.32 Å². The van der Waals surface area contributed by atoms with Gasteiger partial charge in [0.05, 0.1) is 0 Å². The van der Waals surface area contributed by atoms with E-state index in [1.165, 1.54) is 11.3 Å². The van der Waals surface area contributed by atoms with Gasteiger partial charge in [0.25, 0.3) is 0 Å². The van der Waals surface area contributed by atoms with Crippen LogP contribution in [0.25, 0.3) is 5.65 Å². The first-order valence-corrected chi connectivity index (χ1v) is 7.23. The van der Waals surface area contributed by atoms with Crippen LogP contribution in [0.1, 0.15) is 28.8 Å². The number of anilines is 1. The molecule has 0 saturated heterocycles. The number of nitrogens with one attached hydrogen (secondary N) is 1. The Bertz CT molecular complexity index is 821. The summed E-state index contributed by atoms with van der Waals surface area (Å²) in [6.07, 6.45) is 0.872. The molecule has 0 fully saturated rings. The number of nitrogens with zero attached hydrogens (tertiary/aromatic N) is 4. The highest BCUT2D eigenvalue weighted by Crippen LogP contribution is 2.33. The Morgan fingerprint density at radius 3 is 3.00 bits per heavy atom. The van der Waals surface area contributed by atoms with Crippen LogP contribution in [-0.2, 0) is 6.42 Å². The molecule has 21 heavy (non-hydrogen) atoms. The van der Waals surface area contributed by atoms with Gasteiger partial charge in [-0.25, -0.2) is 4.98 Å². The van der Waals surface area contributed by atoms with Gasteiger partial charge in [0, 0.05) is 36.3 Å². The molecule has 5 nitrogen and oxygen atoms in total. The Balaban J connectivity index is 1.73. The van der Waals surface area contributed by atoms with Gasteiger partial charge in [0.1, 0.15) is 11.6 Å². The van der Waals surface area contributed by atoms with Crippen molar-refractivity contribution in [2.24, 2.45) is 0 Å². The summed E-state index contributed by atoms with van der Waals surface area (Å²) in [5.41, 5.74) is 4.47. The van der Waals surface area contributed by atoms with E-state index in [-0.39, 0.29) is 0 Å². The standard InChI is InChI=1S/C16H17N5/c1-10-7-15-19-20-16(21(15)11(2)18-10)8-12-9-17-14-6-4-3-5-13(12)14/h3-7,12,17H,8-9H2,1-2H3. The van der Waals surface area contributed by atoms with Crippen molar-refractivity contribution in [2.45, 2.75) is 26.2 Å². The fourth-order valence-electron chi connectivity index (χ4n) is 3.19. The third kappa shape index (κ3) is 1.96. The minimum absolute atomic E-state index is 0.439. The number of rotatable bonds is 2. The Morgan fingerprint density at radius 1 is 1.24 bits per heavy atom. The van der Waals surface area contributed by atoms with E-state index in [0.29, 0.717) is 5.92 Å². The van der Waals surface area contributed by atoms with Crippen LogP contribution in [0.5, 0.6) is 0 Å². The average Bonchev–Trinajstić information content (AvgIpc) is 3.04. The van der Waals surface area contributed by atoms with Crippen molar-refractivity contribution in [1.29, 1.82) is 0 Å². The summed E-state index contributed by atoms with van der Waals surface area (Å²) >= 11 is 0. The molecule has 1 unspecified atom stereocenters. The molecular weight excluding hydrogens is 262 g/mol. The predicted molar refractivity (Wildman–Crippen MR) is 81.6 cm³/mol. The second kappa shape index (κ2) is 4.55. The molecule has 0 aliphatic carbocycles. The molecule has 0 saturated carbocycles. The molecule has 1 aliphatic rings. The molecule has 2 aromatic heterocycles. The van der Waals surface area contributed by atoms with E-state index in [9.17, 15) is 0 Å². The second-order valence-electron chi connectivity index (χ2n) is 5.62. The molecule has 5 heteroatoms. The monoisotopic (exact) mass is 279 g/mol. The van der Waals surface area contributed by atoms with E-state index < -0.39 is 0 Å². The number of benzene rings is 1. The molecule has 4 rings (SSSR count). The summed E-state index contributed by atoms with van der Waals surface area (Å²) in [7, 11) is 0. The first-order valence-electron chi connectivity index (χ1n) is 7.23. The van der Waals surface area contributed by atoms with Crippen molar-refractivity contribution in [1.82, 2.24) is 19.6 Å². The first-order chi connectivity index (χ1) is 10.2. The number of hydrogen-bond donors (Lipinski definition) is 1. The van der Waals surface area contributed by atoms with Gasteiger partial charge in [0.2, 0.25) is 0 Å². The molecule has 0 amide bonds. The highest BCUT2D eigenvalue weighted by Gasteiger charge is 2.24. The van der Waals surface area contributed by atoms with Crippen LogP contribution < -0.4 is 5.32 Å². The number of para-hydroxylation sites is 1. The van der Waals surface area contributed by atoms with Crippen molar-refractivity contribution in [2.75, 3.05) is 11.9 Å². The summed E-state index contributed by atoms with van der Waals surface area (Å²) in [6.45, 7) is 4.94. The molecule has 3 aromatic rings. The fourth-order valence-corrected chi connectivity index (χ4v) is 3.19. The summed E-state index contributed by atoms with van der Waals surface area (Å²) in [5.74, 6) is 2.37. The molecule has 0 radical (unpaired) electrons. The van der Waals surface area contributed by atoms with Crippen LogP contribution in [0, 0.1) is 13.8 Å². The molecule has 3 heterocycles. The molecule has 1 aliphatic heterocycles. The van der Waals surface area contributed by atoms with Crippen LogP contribution in [-0.4, -0.2) is 26.1 Å². The molecule has 0 bridgehead atoms. The summed E-state index contributed by atoms with van der Waals surface area (Å²) in [6, 6.07) is 10.5. The average molecular weight is 279 g/mol. The zero-order chi connectivity index (χ0) is 14.4. The normalized spacial score (nSPS) is 17.0. The highest BCUT2D eigenvalue weighted by atomic mass is 15.3. The summed E-state index contributed by atoms with van der Waals surface area (Å²) in [4.78, 5) is 4.52. The van der Waals surface area contributed by atoms with E-state index in [1.807, 2.05) is 19.9 Å². The Labute approximate surface area is 123 Å². The lowest BCUT2D eigenvalue weighted by atomic mass is 9.98. The number of fused-ring (bicyclic) bond motifs is 2. The maximum absolute atomic E-state index is 4.52. The lowest BCUT2D eigenvalue weighted by Gasteiger charge is -2.10. The van der Waals surface area contributed by atoms with Gasteiger partial charge in [-0.15, -0.1) is 10.2 Å². The van der Waals surface area contributed by atoms with Gasteiger partial charge in [-0.05, 0) is 25.5 Å². The molecule has 106 valence electrons. The largest absolute Gasteiger partial charge is 0.384 e. The number of aryl methyl sites for hydroxylation is 2. The van der Waals surface area contributed by atoms with E-state index in [4.69, 9.17) is 0 Å². The number of hydrogen-bond acceptors (Lipinski definition) is 4. The van der Waals surface area contributed by atoms with Gasteiger partial charge in [-0.2, -0.15) is 0 Å². The number of aromatic nitrogens is 4. The molecular formula is C16H17N5. The molecule has 1 aromatic carbocycles. The summed E-state index contributed by atoms with van der Waals surface area (Å²) in [5, 5.41) is 12.1.